The fraction of sp³-hybridized carbons (Fsp3) is 0.667. The van der Waals surface area contributed by atoms with Crippen LogP contribution in [0.3, 0.4) is 0 Å². The first-order chi connectivity index (χ1) is 7.33. The zero-order chi connectivity index (χ0) is 10.7. The van der Waals surface area contributed by atoms with Gasteiger partial charge in [-0.3, -0.25) is 0 Å². The van der Waals surface area contributed by atoms with Crippen LogP contribution in [0.4, 0.5) is 0 Å². The van der Waals surface area contributed by atoms with Crippen LogP contribution >= 0.6 is 0 Å². The Balaban J connectivity index is 2.05. The molecule has 1 N–H and O–H groups in total. The maximum Gasteiger partial charge on any atom is 0.115 e. The SMILES string of the molecule is CCCNC(c1cncnc1)C1CC1C. The molecule has 1 aliphatic rings. The highest BCUT2D eigenvalue weighted by Gasteiger charge is 2.39. The van der Waals surface area contributed by atoms with E-state index in [1.54, 1.807) is 6.33 Å². The van der Waals surface area contributed by atoms with Gasteiger partial charge in [0.25, 0.3) is 0 Å². The van der Waals surface area contributed by atoms with Crippen LogP contribution in [0.1, 0.15) is 38.3 Å². The molecule has 1 aliphatic carbocycles. The molecule has 0 amide bonds. The van der Waals surface area contributed by atoms with Crippen LogP contribution in [0.25, 0.3) is 0 Å². The number of hydrogen-bond donors (Lipinski definition) is 1. The number of aromatic nitrogens is 2. The fourth-order valence-electron chi connectivity index (χ4n) is 2.10. The highest BCUT2D eigenvalue weighted by molar-refractivity contribution is 5.14. The van der Waals surface area contributed by atoms with Crippen LogP contribution in [0, 0.1) is 11.8 Å². The molecule has 1 heterocycles. The third-order valence-corrected chi connectivity index (χ3v) is 3.15. The van der Waals surface area contributed by atoms with E-state index >= 15 is 0 Å². The van der Waals surface area contributed by atoms with Gasteiger partial charge in [-0.15, -0.1) is 0 Å². The highest BCUT2D eigenvalue weighted by atomic mass is 14.9. The molecular formula is C12H19N3. The Hall–Kier alpha value is -0.960. The van der Waals surface area contributed by atoms with E-state index < -0.39 is 0 Å². The van der Waals surface area contributed by atoms with Crippen LogP contribution in [0.15, 0.2) is 18.7 Å². The van der Waals surface area contributed by atoms with Crippen LogP contribution < -0.4 is 5.32 Å². The molecule has 1 aromatic heterocycles. The smallest absolute Gasteiger partial charge is 0.115 e. The Kier molecular flexibility index (Phi) is 3.31. The summed E-state index contributed by atoms with van der Waals surface area (Å²) in [5, 5.41) is 3.60. The van der Waals surface area contributed by atoms with Crippen molar-refractivity contribution >= 4 is 0 Å². The number of nitrogens with one attached hydrogen (secondary N) is 1. The van der Waals surface area contributed by atoms with E-state index in [1.807, 2.05) is 12.4 Å². The summed E-state index contributed by atoms with van der Waals surface area (Å²) in [5.41, 5.74) is 1.24. The van der Waals surface area contributed by atoms with Gasteiger partial charge in [-0.2, -0.15) is 0 Å². The molecule has 0 aliphatic heterocycles. The molecule has 0 saturated heterocycles. The largest absolute Gasteiger partial charge is 0.310 e. The lowest BCUT2D eigenvalue weighted by Gasteiger charge is -2.17. The Labute approximate surface area is 91.3 Å². The lowest BCUT2D eigenvalue weighted by molar-refractivity contribution is 0.460. The maximum absolute atomic E-state index is 4.10. The summed E-state index contributed by atoms with van der Waals surface area (Å²) in [5.74, 6) is 1.63. The van der Waals surface area contributed by atoms with Gasteiger partial charge in [0.1, 0.15) is 6.33 Å². The second-order valence-corrected chi connectivity index (χ2v) is 4.48. The molecular weight excluding hydrogens is 186 g/mol. The van der Waals surface area contributed by atoms with E-state index in [0.29, 0.717) is 6.04 Å². The molecule has 1 fully saturated rings. The Morgan fingerprint density at radius 2 is 2.13 bits per heavy atom. The van der Waals surface area contributed by atoms with Crippen molar-refractivity contribution in [2.24, 2.45) is 11.8 Å². The third-order valence-electron chi connectivity index (χ3n) is 3.15. The predicted molar refractivity (Wildman–Crippen MR) is 60.3 cm³/mol. The molecule has 3 unspecified atom stereocenters. The van der Waals surface area contributed by atoms with Gasteiger partial charge < -0.3 is 5.32 Å². The average molecular weight is 205 g/mol. The third kappa shape index (κ3) is 2.53. The summed E-state index contributed by atoms with van der Waals surface area (Å²) < 4.78 is 0. The van der Waals surface area contributed by atoms with Crippen molar-refractivity contribution in [2.75, 3.05) is 6.54 Å². The molecule has 3 heteroatoms. The first-order valence-electron chi connectivity index (χ1n) is 5.81. The van der Waals surface area contributed by atoms with E-state index in [1.165, 1.54) is 18.4 Å². The van der Waals surface area contributed by atoms with E-state index in [2.05, 4.69) is 29.1 Å². The predicted octanol–water partition coefficient (Wildman–Crippen LogP) is 2.17. The summed E-state index contributed by atoms with van der Waals surface area (Å²) in [4.78, 5) is 8.20. The molecule has 0 spiro atoms. The summed E-state index contributed by atoms with van der Waals surface area (Å²) in [6.07, 6.45) is 7.97. The number of rotatable bonds is 5. The zero-order valence-corrected chi connectivity index (χ0v) is 9.48. The van der Waals surface area contributed by atoms with Gasteiger partial charge in [0, 0.05) is 24.0 Å². The van der Waals surface area contributed by atoms with Gasteiger partial charge in [0.05, 0.1) is 0 Å². The molecule has 3 nitrogen and oxygen atoms in total. The molecule has 3 atom stereocenters. The minimum Gasteiger partial charge on any atom is -0.310 e. The topological polar surface area (TPSA) is 37.8 Å². The average Bonchev–Trinajstić information content (AvgIpc) is 2.98. The van der Waals surface area contributed by atoms with Crippen molar-refractivity contribution in [3.63, 3.8) is 0 Å². The minimum absolute atomic E-state index is 0.459. The van der Waals surface area contributed by atoms with Crippen molar-refractivity contribution in [1.29, 1.82) is 0 Å². The number of hydrogen-bond acceptors (Lipinski definition) is 3. The lowest BCUT2D eigenvalue weighted by atomic mass is 10.0. The van der Waals surface area contributed by atoms with Crippen molar-refractivity contribution in [3.8, 4) is 0 Å². The van der Waals surface area contributed by atoms with Gasteiger partial charge in [0.15, 0.2) is 0 Å². The van der Waals surface area contributed by atoms with Gasteiger partial charge in [-0.1, -0.05) is 13.8 Å². The Bertz CT molecular complexity index is 299. The number of nitrogens with zero attached hydrogens (tertiary/aromatic N) is 2. The first kappa shape index (κ1) is 10.6. The van der Waals surface area contributed by atoms with Crippen LogP contribution in [0.5, 0.6) is 0 Å². The first-order valence-corrected chi connectivity index (χ1v) is 5.81. The van der Waals surface area contributed by atoms with Crippen LogP contribution in [-0.2, 0) is 0 Å². The van der Waals surface area contributed by atoms with Gasteiger partial charge >= 0.3 is 0 Å². The normalized spacial score (nSPS) is 26.3. The van der Waals surface area contributed by atoms with E-state index in [4.69, 9.17) is 0 Å². The molecule has 0 bridgehead atoms. The molecule has 0 radical (unpaired) electrons. The maximum atomic E-state index is 4.10. The second-order valence-electron chi connectivity index (χ2n) is 4.48. The van der Waals surface area contributed by atoms with Crippen molar-refractivity contribution < 1.29 is 0 Å². The van der Waals surface area contributed by atoms with Gasteiger partial charge in [-0.05, 0) is 31.2 Å². The summed E-state index contributed by atoms with van der Waals surface area (Å²) >= 11 is 0. The second kappa shape index (κ2) is 4.71. The van der Waals surface area contributed by atoms with Gasteiger partial charge in [-0.25, -0.2) is 9.97 Å². The fourth-order valence-corrected chi connectivity index (χ4v) is 2.10. The highest BCUT2D eigenvalue weighted by Crippen LogP contribution is 2.46. The quantitative estimate of drug-likeness (QED) is 0.800. The molecule has 82 valence electrons. The monoisotopic (exact) mass is 205 g/mol. The molecule has 1 aromatic rings. The molecule has 1 saturated carbocycles. The summed E-state index contributed by atoms with van der Waals surface area (Å²) in [6.45, 7) is 5.58. The summed E-state index contributed by atoms with van der Waals surface area (Å²) in [6, 6.07) is 0.459. The van der Waals surface area contributed by atoms with E-state index in [-0.39, 0.29) is 0 Å². The minimum atomic E-state index is 0.459. The van der Waals surface area contributed by atoms with Gasteiger partial charge in [0.2, 0.25) is 0 Å². The lowest BCUT2D eigenvalue weighted by Crippen LogP contribution is -2.24. The van der Waals surface area contributed by atoms with Crippen molar-refractivity contribution in [3.05, 3.63) is 24.3 Å². The molecule has 2 rings (SSSR count). The zero-order valence-electron chi connectivity index (χ0n) is 9.48. The Morgan fingerprint density at radius 1 is 1.47 bits per heavy atom. The summed E-state index contributed by atoms with van der Waals surface area (Å²) in [7, 11) is 0. The molecule has 15 heavy (non-hydrogen) atoms. The van der Waals surface area contributed by atoms with Crippen LogP contribution in [0.2, 0.25) is 0 Å². The Morgan fingerprint density at radius 3 is 2.67 bits per heavy atom. The van der Waals surface area contributed by atoms with E-state index in [9.17, 15) is 0 Å². The standard InChI is InChI=1S/C12H19N3/c1-3-4-15-12(11-5-9(11)2)10-6-13-8-14-7-10/h6-9,11-12,15H,3-5H2,1-2H3. The van der Waals surface area contributed by atoms with E-state index in [0.717, 1.165) is 18.4 Å². The molecule has 0 aromatic carbocycles. The van der Waals surface area contributed by atoms with Crippen molar-refractivity contribution in [2.45, 2.75) is 32.7 Å². The van der Waals surface area contributed by atoms with Crippen LogP contribution in [-0.4, -0.2) is 16.5 Å². The van der Waals surface area contributed by atoms with Crippen molar-refractivity contribution in [1.82, 2.24) is 15.3 Å².